The molecule has 5 nitrogen and oxygen atoms in total. The predicted molar refractivity (Wildman–Crippen MR) is 88.2 cm³/mol. The first-order valence-corrected chi connectivity index (χ1v) is 8.06. The average Bonchev–Trinajstić information content (AvgIpc) is 3.29. The first kappa shape index (κ1) is 14.8. The van der Waals surface area contributed by atoms with E-state index in [-0.39, 0.29) is 5.82 Å². The van der Waals surface area contributed by atoms with Gasteiger partial charge in [-0.1, -0.05) is 17.3 Å². The van der Waals surface area contributed by atoms with Crippen LogP contribution >= 0.6 is 0 Å². The van der Waals surface area contributed by atoms with Gasteiger partial charge in [0.25, 0.3) is 0 Å². The average molecular weight is 324 g/mol. The molecule has 0 bridgehead atoms. The molecule has 0 aliphatic carbocycles. The van der Waals surface area contributed by atoms with Gasteiger partial charge in [0, 0.05) is 24.8 Å². The molecule has 2 aromatic heterocycles. The van der Waals surface area contributed by atoms with Crippen LogP contribution in [0.4, 0.5) is 10.2 Å². The van der Waals surface area contributed by atoms with Crippen LogP contribution in [0.3, 0.4) is 0 Å². The third kappa shape index (κ3) is 3.13. The minimum Gasteiger partial charge on any atom is -0.357 e. The van der Waals surface area contributed by atoms with E-state index in [9.17, 15) is 4.39 Å². The molecular formula is C18H17FN4O. The highest BCUT2D eigenvalue weighted by atomic mass is 19.1. The van der Waals surface area contributed by atoms with Gasteiger partial charge in [-0.3, -0.25) is 0 Å². The molecule has 1 aromatic carbocycles. The van der Waals surface area contributed by atoms with Crippen molar-refractivity contribution in [2.75, 3.05) is 18.0 Å². The van der Waals surface area contributed by atoms with E-state index in [4.69, 9.17) is 4.52 Å². The quantitative estimate of drug-likeness (QED) is 0.735. The van der Waals surface area contributed by atoms with Crippen LogP contribution in [0.1, 0.15) is 24.3 Å². The monoisotopic (exact) mass is 324 g/mol. The van der Waals surface area contributed by atoms with Gasteiger partial charge in [-0.15, -0.1) is 0 Å². The molecule has 0 atom stereocenters. The minimum atomic E-state index is -0.254. The molecule has 1 fully saturated rings. The Labute approximate surface area is 139 Å². The summed E-state index contributed by atoms with van der Waals surface area (Å²) in [6, 6.07) is 10.2. The van der Waals surface area contributed by atoms with Gasteiger partial charge < -0.3 is 9.42 Å². The molecule has 1 saturated heterocycles. The largest absolute Gasteiger partial charge is 0.357 e. The van der Waals surface area contributed by atoms with Crippen molar-refractivity contribution >= 4 is 5.82 Å². The number of pyridine rings is 1. The second-order valence-electron chi connectivity index (χ2n) is 5.91. The van der Waals surface area contributed by atoms with Crippen molar-refractivity contribution in [3.63, 3.8) is 0 Å². The molecule has 0 N–H and O–H groups in total. The van der Waals surface area contributed by atoms with Crippen molar-refractivity contribution in [3.8, 4) is 11.4 Å². The van der Waals surface area contributed by atoms with Crippen molar-refractivity contribution in [3.05, 3.63) is 59.9 Å². The Morgan fingerprint density at radius 2 is 1.88 bits per heavy atom. The van der Waals surface area contributed by atoms with Crippen LogP contribution in [-0.4, -0.2) is 28.2 Å². The summed E-state index contributed by atoms with van der Waals surface area (Å²) in [4.78, 5) is 11.1. The molecule has 3 aromatic rings. The Morgan fingerprint density at radius 1 is 1.08 bits per heavy atom. The highest BCUT2D eigenvalue weighted by Gasteiger charge is 2.16. The van der Waals surface area contributed by atoms with Gasteiger partial charge in [-0.05, 0) is 42.7 Å². The molecule has 0 spiro atoms. The number of halogens is 1. The van der Waals surface area contributed by atoms with Gasteiger partial charge in [0.1, 0.15) is 11.6 Å². The zero-order chi connectivity index (χ0) is 16.4. The van der Waals surface area contributed by atoms with Crippen LogP contribution in [0.25, 0.3) is 11.4 Å². The summed E-state index contributed by atoms with van der Waals surface area (Å²) >= 11 is 0. The number of hydrogen-bond donors (Lipinski definition) is 0. The molecule has 3 heterocycles. The van der Waals surface area contributed by atoms with Gasteiger partial charge in [0.05, 0.1) is 6.42 Å². The van der Waals surface area contributed by atoms with Crippen LogP contribution in [0.2, 0.25) is 0 Å². The Kier molecular flexibility index (Phi) is 3.94. The summed E-state index contributed by atoms with van der Waals surface area (Å²) in [6.45, 7) is 2.08. The van der Waals surface area contributed by atoms with Gasteiger partial charge in [0.2, 0.25) is 11.7 Å². The molecule has 1 aliphatic heterocycles. The molecule has 0 saturated carbocycles. The molecular weight excluding hydrogens is 307 g/mol. The SMILES string of the molecule is Fc1ccc(Cc2nc(-c3ccnc(N4CCCC4)c3)no2)cc1. The number of nitrogens with zero attached hydrogens (tertiary/aromatic N) is 4. The van der Waals surface area contributed by atoms with Crippen LogP contribution in [0.15, 0.2) is 47.1 Å². The number of aromatic nitrogens is 3. The van der Waals surface area contributed by atoms with Crippen LogP contribution in [0, 0.1) is 5.82 Å². The smallest absolute Gasteiger partial charge is 0.231 e. The second kappa shape index (κ2) is 6.39. The maximum Gasteiger partial charge on any atom is 0.231 e. The molecule has 0 unspecified atom stereocenters. The minimum absolute atomic E-state index is 0.254. The van der Waals surface area contributed by atoms with Crippen molar-refractivity contribution in [2.45, 2.75) is 19.3 Å². The van der Waals surface area contributed by atoms with Gasteiger partial charge in [-0.25, -0.2) is 9.37 Å². The molecule has 6 heteroatoms. The highest BCUT2D eigenvalue weighted by molar-refractivity contribution is 5.59. The number of hydrogen-bond acceptors (Lipinski definition) is 5. The van der Waals surface area contributed by atoms with Crippen molar-refractivity contribution in [1.29, 1.82) is 0 Å². The fourth-order valence-corrected chi connectivity index (χ4v) is 2.90. The summed E-state index contributed by atoms with van der Waals surface area (Å²) < 4.78 is 18.3. The van der Waals surface area contributed by atoms with Gasteiger partial charge in [0.15, 0.2) is 0 Å². The van der Waals surface area contributed by atoms with E-state index in [0.29, 0.717) is 18.1 Å². The number of benzene rings is 1. The third-order valence-corrected chi connectivity index (χ3v) is 4.17. The lowest BCUT2D eigenvalue weighted by Gasteiger charge is -2.16. The van der Waals surface area contributed by atoms with Gasteiger partial charge >= 0.3 is 0 Å². The molecule has 0 amide bonds. The molecule has 24 heavy (non-hydrogen) atoms. The van der Waals surface area contributed by atoms with E-state index < -0.39 is 0 Å². The van der Waals surface area contributed by atoms with E-state index in [0.717, 1.165) is 30.0 Å². The Bertz CT molecular complexity index is 825. The first-order chi connectivity index (χ1) is 11.8. The summed E-state index contributed by atoms with van der Waals surface area (Å²) in [5, 5.41) is 4.06. The van der Waals surface area contributed by atoms with Crippen LogP contribution in [-0.2, 0) is 6.42 Å². The predicted octanol–water partition coefficient (Wildman–Crippen LogP) is 3.46. The van der Waals surface area contributed by atoms with E-state index >= 15 is 0 Å². The van der Waals surface area contributed by atoms with Gasteiger partial charge in [-0.2, -0.15) is 4.98 Å². The Balaban J connectivity index is 1.54. The molecule has 122 valence electrons. The van der Waals surface area contributed by atoms with Crippen LogP contribution < -0.4 is 4.90 Å². The third-order valence-electron chi connectivity index (χ3n) is 4.17. The summed E-state index contributed by atoms with van der Waals surface area (Å²) in [7, 11) is 0. The van der Waals surface area contributed by atoms with Crippen molar-refractivity contribution in [1.82, 2.24) is 15.1 Å². The molecule has 1 aliphatic rings. The highest BCUT2D eigenvalue weighted by Crippen LogP contribution is 2.23. The van der Waals surface area contributed by atoms with E-state index in [2.05, 4.69) is 20.0 Å². The zero-order valence-corrected chi connectivity index (χ0v) is 13.2. The maximum absolute atomic E-state index is 13.0. The zero-order valence-electron chi connectivity index (χ0n) is 13.2. The lowest BCUT2D eigenvalue weighted by molar-refractivity contribution is 0.385. The number of anilines is 1. The summed E-state index contributed by atoms with van der Waals surface area (Å²) in [6.07, 6.45) is 4.67. The molecule has 0 radical (unpaired) electrons. The topological polar surface area (TPSA) is 55.1 Å². The Morgan fingerprint density at radius 3 is 2.67 bits per heavy atom. The lowest BCUT2D eigenvalue weighted by atomic mass is 10.1. The van der Waals surface area contributed by atoms with E-state index in [1.165, 1.54) is 25.0 Å². The van der Waals surface area contributed by atoms with Crippen molar-refractivity contribution < 1.29 is 8.91 Å². The normalized spacial score (nSPS) is 14.3. The Hall–Kier alpha value is -2.76. The summed E-state index contributed by atoms with van der Waals surface area (Å²) in [5.74, 6) is 1.76. The lowest BCUT2D eigenvalue weighted by Crippen LogP contribution is -2.18. The maximum atomic E-state index is 13.0. The van der Waals surface area contributed by atoms with E-state index in [1.54, 1.807) is 18.3 Å². The fourth-order valence-electron chi connectivity index (χ4n) is 2.90. The summed E-state index contributed by atoms with van der Waals surface area (Å²) in [5.41, 5.74) is 1.82. The number of rotatable bonds is 4. The first-order valence-electron chi connectivity index (χ1n) is 8.06. The molecule has 4 rings (SSSR count). The van der Waals surface area contributed by atoms with Crippen molar-refractivity contribution in [2.24, 2.45) is 0 Å². The van der Waals surface area contributed by atoms with E-state index in [1.807, 2.05) is 12.1 Å². The fraction of sp³-hybridized carbons (Fsp3) is 0.278. The second-order valence-corrected chi connectivity index (χ2v) is 5.91. The van der Waals surface area contributed by atoms with Crippen LogP contribution in [0.5, 0.6) is 0 Å². The standard InChI is InChI=1S/C18H17FN4O/c19-15-5-3-13(4-6-15)11-17-21-18(22-24-17)14-7-8-20-16(12-14)23-9-1-2-10-23/h3-8,12H,1-2,9-11H2.